The van der Waals surface area contributed by atoms with Gasteiger partial charge in [0.1, 0.15) is 11.4 Å². The van der Waals surface area contributed by atoms with Crippen molar-refractivity contribution < 1.29 is 22.7 Å². The molecule has 0 aliphatic carbocycles. The first-order valence-corrected chi connectivity index (χ1v) is 8.04. The van der Waals surface area contributed by atoms with Crippen LogP contribution in [0.1, 0.15) is 27.3 Å². The summed E-state index contributed by atoms with van der Waals surface area (Å²) in [4.78, 5) is 20.5. The fourth-order valence-electron chi connectivity index (χ4n) is 2.68. The van der Waals surface area contributed by atoms with E-state index in [-0.39, 0.29) is 28.9 Å². The van der Waals surface area contributed by atoms with E-state index in [0.717, 1.165) is 6.07 Å². The minimum absolute atomic E-state index is 0.0760. The van der Waals surface area contributed by atoms with Crippen LogP contribution in [0.2, 0.25) is 0 Å². The van der Waals surface area contributed by atoms with Crippen LogP contribution >= 0.6 is 0 Å². The van der Waals surface area contributed by atoms with E-state index < -0.39 is 17.6 Å². The lowest BCUT2D eigenvalue weighted by Crippen LogP contribution is -2.24. The average molecular weight is 375 g/mol. The van der Waals surface area contributed by atoms with Crippen molar-refractivity contribution in [2.24, 2.45) is 0 Å². The van der Waals surface area contributed by atoms with Gasteiger partial charge in [-0.05, 0) is 42.8 Å². The number of fused-ring (bicyclic) bond motifs is 1. The van der Waals surface area contributed by atoms with Gasteiger partial charge in [-0.25, -0.2) is 4.98 Å². The van der Waals surface area contributed by atoms with E-state index in [0.29, 0.717) is 11.3 Å². The van der Waals surface area contributed by atoms with Gasteiger partial charge in [-0.15, -0.1) is 0 Å². The fraction of sp³-hybridized carbons (Fsp3) is 0.211. The summed E-state index contributed by atoms with van der Waals surface area (Å²) in [6.45, 7) is 1.77. The molecule has 2 heterocycles. The number of ether oxygens (including phenoxy) is 1. The summed E-state index contributed by atoms with van der Waals surface area (Å²) in [5.41, 5.74) is -0.200. The van der Waals surface area contributed by atoms with Crippen molar-refractivity contribution in [3.05, 3.63) is 65.1 Å². The molecular weight excluding hydrogens is 359 g/mol. The van der Waals surface area contributed by atoms with Gasteiger partial charge in [0.05, 0.1) is 30.4 Å². The molecule has 2 aromatic heterocycles. The summed E-state index contributed by atoms with van der Waals surface area (Å²) in [6.07, 6.45) is -3.04. The molecule has 0 spiro atoms. The van der Waals surface area contributed by atoms with Crippen LogP contribution in [0.3, 0.4) is 0 Å². The van der Waals surface area contributed by atoms with Crippen molar-refractivity contribution >= 4 is 16.8 Å². The zero-order valence-corrected chi connectivity index (χ0v) is 14.6. The van der Waals surface area contributed by atoms with Crippen LogP contribution in [0.25, 0.3) is 10.9 Å². The van der Waals surface area contributed by atoms with Crippen LogP contribution in [-0.4, -0.2) is 23.0 Å². The van der Waals surface area contributed by atoms with Gasteiger partial charge in [-0.1, -0.05) is 6.07 Å². The number of rotatable bonds is 4. The van der Waals surface area contributed by atoms with Gasteiger partial charge < -0.3 is 10.1 Å². The predicted molar refractivity (Wildman–Crippen MR) is 93.4 cm³/mol. The van der Waals surface area contributed by atoms with E-state index in [4.69, 9.17) is 4.74 Å². The largest absolute Gasteiger partial charge is 0.497 e. The molecule has 0 aliphatic heterocycles. The fourth-order valence-corrected chi connectivity index (χ4v) is 2.68. The topological polar surface area (TPSA) is 64.1 Å². The van der Waals surface area contributed by atoms with Crippen molar-refractivity contribution in [1.29, 1.82) is 0 Å². The quantitative estimate of drug-likeness (QED) is 0.751. The SMILES string of the molecule is COc1cc(C(F)(F)F)c2nc(C(=O)NCc3ccccn3)cc(C)c2c1. The molecule has 1 aromatic carbocycles. The maximum atomic E-state index is 13.5. The molecule has 5 nitrogen and oxygen atoms in total. The van der Waals surface area contributed by atoms with Crippen LogP contribution in [-0.2, 0) is 12.7 Å². The monoisotopic (exact) mass is 375 g/mol. The number of pyridine rings is 2. The van der Waals surface area contributed by atoms with E-state index in [1.807, 2.05) is 0 Å². The summed E-state index contributed by atoms with van der Waals surface area (Å²) in [5.74, 6) is -0.498. The Balaban J connectivity index is 2.01. The third-order valence-corrected chi connectivity index (χ3v) is 4.02. The number of methoxy groups -OCH3 is 1. The van der Waals surface area contributed by atoms with E-state index in [1.54, 1.807) is 31.3 Å². The van der Waals surface area contributed by atoms with Crippen molar-refractivity contribution in [1.82, 2.24) is 15.3 Å². The van der Waals surface area contributed by atoms with Crippen LogP contribution < -0.4 is 10.1 Å². The highest BCUT2D eigenvalue weighted by Crippen LogP contribution is 2.37. The molecular formula is C19H16F3N3O2. The molecule has 3 aromatic rings. The maximum Gasteiger partial charge on any atom is 0.418 e. The summed E-state index contributed by atoms with van der Waals surface area (Å²) < 4.78 is 45.4. The Hall–Kier alpha value is -3.16. The molecule has 0 atom stereocenters. The molecule has 0 radical (unpaired) electrons. The summed E-state index contributed by atoms with van der Waals surface area (Å²) in [6, 6.07) is 9.05. The lowest BCUT2D eigenvalue weighted by molar-refractivity contribution is -0.136. The second-order valence-corrected chi connectivity index (χ2v) is 5.90. The number of amides is 1. The number of benzene rings is 1. The van der Waals surface area contributed by atoms with Crippen LogP contribution in [0.5, 0.6) is 5.75 Å². The normalized spacial score (nSPS) is 11.4. The zero-order chi connectivity index (χ0) is 19.6. The lowest BCUT2D eigenvalue weighted by atomic mass is 10.0. The summed E-state index contributed by atoms with van der Waals surface area (Å²) in [7, 11) is 1.30. The standard InChI is InChI=1S/C19H16F3N3O2/c1-11-7-16(18(26)24-10-12-5-3-4-6-23-12)25-17-14(11)8-13(27-2)9-15(17)19(20,21)22/h3-9H,10H2,1-2H3,(H,24,26). The molecule has 8 heteroatoms. The molecule has 1 N–H and O–H groups in total. The Bertz CT molecular complexity index is 989. The van der Waals surface area contributed by atoms with Crippen LogP contribution in [0, 0.1) is 6.92 Å². The third-order valence-electron chi connectivity index (χ3n) is 4.02. The molecule has 0 bridgehead atoms. The first kappa shape index (κ1) is 18.6. The number of hydrogen-bond donors (Lipinski definition) is 1. The second-order valence-electron chi connectivity index (χ2n) is 5.90. The van der Waals surface area contributed by atoms with Crippen molar-refractivity contribution in [3.8, 4) is 5.75 Å². The van der Waals surface area contributed by atoms with Crippen molar-refractivity contribution in [2.75, 3.05) is 7.11 Å². The molecule has 0 fully saturated rings. The molecule has 1 amide bonds. The number of hydrogen-bond acceptors (Lipinski definition) is 4. The number of alkyl halides is 3. The van der Waals surface area contributed by atoms with Crippen molar-refractivity contribution in [3.63, 3.8) is 0 Å². The number of carbonyl (C=O) groups is 1. The molecule has 27 heavy (non-hydrogen) atoms. The number of carbonyl (C=O) groups excluding carboxylic acids is 1. The predicted octanol–water partition coefficient (Wildman–Crippen LogP) is 3.90. The molecule has 0 saturated heterocycles. The Morgan fingerprint density at radius 3 is 2.63 bits per heavy atom. The number of nitrogens with zero attached hydrogens (tertiary/aromatic N) is 2. The van der Waals surface area contributed by atoms with Gasteiger partial charge >= 0.3 is 6.18 Å². The van der Waals surface area contributed by atoms with E-state index in [1.165, 1.54) is 19.2 Å². The Morgan fingerprint density at radius 1 is 1.22 bits per heavy atom. The maximum absolute atomic E-state index is 13.5. The average Bonchev–Trinajstić information content (AvgIpc) is 2.65. The lowest BCUT2D eigenvalue weighted by Gasteiger charge is -2.14. The van der Waals surface area contributed by atoms with Crippen molar-refractivity contribution in [2.45, 2.75) is 19.6 Å². The van der Waals surface area contributed by atoms with Gasteiger partial charge in [-0.3, -0.25) is 9.78 Å². The van der Waals surface area contributed by atoms with Gasteiger partial charge in [0, 0.05) is 11.6 Å². The zero-order valence-electron chi connectivity index (χ0n) is 14.6. The molecule has 140 valence electrons. The number of halogens is 3. The van der Waals surface area contributed by atoms with E-state index in [2.05, 4.69) is 15.3 Å². The van der Waals surface area contributed by atoms with E-state index >= 15 is 0 Å². The van der Waals surface area contributed by atoms with Gasteiger partial charge in [0.2, 0.25) is 0 Å². The van der Waals surface area contributed by atoms with Crippen LogP contribution in [0.15, 0.2) is 42.6 Å². The molecule has 0 unspecified atom stereocenters. The first-order valence-electron chi connectivity index (χ1n) is 8.04. The third kappa shape index (κ3) is 3.99. The minimum atomic E-state index is -4.63. The summed E-state index contributed by atoms with van der Waals surface area (Å²) >= 11 is 0. The number of aromatic nitrogens is 2. The molecule has 0 saturated carbocycles. The Morgan fingerprint density at radius 2 is 2.00 bits per heavy atom. The second kappa shape index (κ2) is 7.22. The first-order chi connectivity index (χ1) is 12.8. The van der Waals surface area contributed by atoms with E-state index in [9.17, 15) is 18.0 Å². The molecule has 3 rings (SSSR count). The highest BCUT2D eigenvalue weighted by molar-refractivity contribution is 5.97. The Labute approximate surface area is 153 Å². The highest BCUT2D eigenvalue weighted by Gasteiger charge is 2.34. The van der Waals surface area contributed by atoms with Gasteiger partial charge in [0.15, 0.2) is 0 Å². The number of aryl methyl sites for hydroxylation is 1. The highest BCUT2D eigenvalue weighted by atomic mass is 19.4. The number of nitrogens with one attached hydrogen (secondary N) is 1. The Kier molecular flexibility index (Phi) is 4.98. The van der Waals surface area contributed by atoms with Gasteiger partial charge in [-0.2, -0.15) is 13.2 Å². The molecule has 0 aliphatic rings. The smallest absolute Gasteiger partial charge is 0.418 e. The van der Waals surface area contributed by atoms with Crippen LogP contribution in [0.4, 0.5) is 13.2 Å². The minimum Gasteiger partial charge on any atom is -0.497 e. The summed E-state index contributed by atoms with van der Waals surface area (Å²) in [5, 5.41) is 2.90. The van der Waals surface area contributed by atoms with Gasteiger partial charge in [0.25, 0.3) is 5.91 Å².